The molecule has 0 aliphatic carbocycles. The van der Waals surface area contributed by atoms with Gasteiger partial charge in [-0.1, -0.05) is 23.7 Å². The third-order valence-electron chi connectivity index (χ3n) is 3.96. The molecule has 0 saturated heterocycles. The van der Waals surface area contributed by atoms with Gasteiger partial charge in [0, 0.05) is 5.02 Å². The van der Waals surface area contributed by atoms with Crippen LogP contribution in [-0.4, -0.2) is 18.2 Å². The highest BCUT2D eigenvalue weighted by Crippen LogP contribution is 2.24. The molecule has 0 spiro atoms. The number of halogens is 2. The molecule has 136 valence electrons. The van der Waals surface area contributed by atoms with E-state index in [-0.39, 0.29) is 10.7 Å². The lowest BCUT2D eigenvalue weighted by Crippen LogP contribution is -2.14. The van der Waals surface area contributed by atoms with E-state index in [4.69, 9.17) is 11.6 Å². The molecule has 0 unspecified atom stereocenters. The van der Waals surface area contributed by atoms with Gasteiger partial charge in [0.15, 0.2) is 0 Å². The fraction of sp³-hybridized carbons (Fsp3) is 0.167. The maximum absolute atomic E-state index is 13.4. The Bertz CT molecular complexity index is 1050. The quantitative estimate of drug-likeness (QED) is 0.708. The predicted molar refractivity (Wildman–Crippen MR) is 99.5 cm³/mol. The van der Waals surface area contributed by atoms with Gasteiger partial charge < -0.3 is 0 Å². The molecule has 0 aliphatic rings. The normalized spacial score (nSPS) is 11.5. The number of sulfonamides is 1. The van der Waals surface area contributed by atoms with Crippen molar-refractivity contribution in [1.82, 2.24) is 9.78 Å². The highest BCUT2D eigenvalue weighted by molar-refractivity contribution is 7.92. The van der Waals surface area contributed by atoms with Gasteiger partial charge in [0.05, 0.1) is 28.5 Å². The van der Waals surface area contributed by atoms with Crippen molar-refractivity contribution in [2.45, 2.75) is 25.3 Å². The van der Waals surface area contributed by atoms with Crippen LogP contribution in [0, 0.1) is 19.7 Å². The van der Waals surface area contributed by atoms with E-state index in [0.29, 0.717) is 28.6 Å². The molecule has 3 rings (SSSR count). The summed E-state index contributed by atoms with van der Waals surface area (Å²) in [5, 5.41) is 4.83. The number of hydrogen-bond acceptors (Lipinski definition) is 3. The molecule has 3 aromatic rings. The molecule has 1 aromatic heterocycles. The molecular formula is C18H17ClFN3O2S. The van der Waals surface area contributed by atoms with Crippen LogP contribution in [0.15, 0.2) is 53.4 Å². The first-order valence-corrected chi connectivity index (χ1v) is 9.69. The minimum Gasteiger partial charge on any atom is -0.276 e. The lowest BCUT2D eigenvalue weighted by molar-refractivity contribution is 0.601. The Morgan fingerprint density at radius 1 is 1.15 bits per heavy atom. The van der Waals surface area contributed by atoms with Crippen LogP contribution in [0.5, 0.6) is 0 Å². The van der Waals surface area contributed by atoms with E-state index in [2.05, 4.69) is 9.82 Å². The van der Waals surface area contributed by atoms with Gasteiger partial charge in [-0.25, -0.2) is 12.8 Å². The average molecular weight is 394 g/mol. The second kappa shape index (κ2) is 7.09. The van der Waals surface area contributed by atoms with Crippen LogP contribution in [0.25, 0.3) is 0 Å². The molecule has 0 atom stereocenters. The van der Waals surface area contributed by atoms with Gasteiger partial charge in [0.2, 0.25) is 0 Å². The smallest absolute Gasteiger partial charge is 0.262 e. The molecule has 2 aromatic carbocycles. The highest BCUT2D eigenvalue weighted by atomic mass is 35.5. The molecule has 1 heterocycles. The molecule has 1 N–H and O–H groups in total. The standard InChI is InChI=1S/C18H17ClFN3O2S/c1-12-18(22-26(24,25)17-8-6-15(19)7-9-17)13(2)23(21-12)11-14-4-3-5-16(20)10-14/h3-10,22H,11H2,1-2H3. The zero-order chi connectivity index (χ0) is 18.9. The van der Waals surface area contributed by atoms with Gasteiger partial charge in [-0.2, -0.15) is 5.10 Å². The number of aryl methyl sites for hydroxylation is 1. The second-order valence-corrected chi connectivity index (χ2v) is 8.01. The number of aromatic nitrogens is 2. The maximum Gasteiger partial charge on any atom is 0.262 e. The minimum absolute atomic E-state index is 0.110. The van der Waals surface area contributed by atoms with Crippen molar-refractivity contribution in [3.63, 3.8) is 0 Å². The van der Waals surface area contributed by atoms with Crippen molar-refractivity contribution in [2.24, 2.45) is 0 Å². The largest absolute Gasteiger partial charge is 0.276 e. The number of hydrogen-bond donors (Lipinski definition) is 1. The SMILES string of the molecule is Cc1nn(Cc2cccc(F)c2)c(C)c1NS(=O)(=O)c1ccc(Cl)cc1. The summed E-state index contributed by atoms with van der Waals surface area (Å²) in [5.41, 5.74) is 2.33. The van der Waals surface area contributed by atoms with Crippen molar-refractivity contribution in [1.29, 1.82) is 0 Å². The van der Waals surface area contributed by atoms with E-state index in [1.165, 1.54) is 36.4 Å². The molecule has 0 saturated carbocycles. The van der Waals surface area contributed by atoms with Crippen molar-refractivity contribution >= 4 is 27.3 Å². The van der Waals surface area contributed by atoms with Gasteiger partial charge >= 0.3 is 0 Å². The van der Waals surface area contributed by atoms with Gasteiger partial charge in [-0.3, -0.25) is 9.40 Å². The zero-order valence-electron chi connectivity index (χ0n) is 14.2. The lowest BCUT2D eigenvalue weighted by atomic mass is 10.2. The first-order valence-electron chi connectivity index (χ1n) is 7.83. The van der Waals surface area contributed by atoms with Gasteiger partial charge in [-0.05, 0) is 55.8 Å². The third-order valence-corrected chi connectivity index (χ3v) is 5.58. The molecule has 0 fully saturated rings. The lowest BCUT2D eigenvalue weighted by Gasteiger charge is -2.09. The number of nitrogens with one attached hydrogen (secondary N) is 1. The van der Waals surface area contributed by atoms with E-state index < -0.39 is 10.0 Å². The summed E-state index contributed by atoms with van der Waals surface area (Å²) in [6.45, 7) is 3.82. The zero-order valence-corrected chi connectivity index (χ0v) is 15.8. The maximum atomic E-state index is 13.4. The van der Waals surface area contributed by atoms with Crippen LogP contribution in [-0.2, 0) is 16.6 Å². The third kappa shape index (κ3) is 3.89. The van der Waals surface area contributed by atoms with Gasteiger partial charge in [0.25, 0.3) is 10.0 Å². The van der Waals surface area contributed by atoms with Crippen LogP contribution in [0.2, 0.25) is 5.02 Å². The Kier molecular flexibility index (Phi) is 5.02. The fourth-order valence-electron chi connectivity index (χ4n) is 2.61. The molecular weight excluding hydrogens is 377 g/mol. The highest BCUT2D eigenvalue weighted by Gasteiger charge is 2.20. The first kappa shape index (κ1) is 18.4. The Labute approximate surface area is 156 Å². The Balaban J connectivity index is 1.89. The molecule has 0 bridgehead atoms. The number of benzene rings is 2. The summed E-state index contributed by atoms with van der Waals surface area (Å²) in [5.74, 6) is -0.326. The average Bonchev–Trinajstić information content (AvgIpc) is 2.82. The summed E-state index contributed by atoms with van der Waals surface area (Å²) in [6, 6.07) is 12.1. The molecule has 26 heavy (non-hydrogen) atoms. The van der Waals surface area contributed by atoms with Crippen LogP contribution in [0.1, 0.15) is 17.0 Å². The molecule has 8 heteroatoms. The Morgan fingerprint density at radius 2 is 1.85 bits per heavy atom. The van der Waals surface area contributed by atoms with Crippen LogP contribution in [0.4, 0.5) is 10.1 Å². The topological polar surface area (TPSA) is 64.0 Å². The monoisotopic (exact) mass is 393 g/mol. The summed E-state index contributed by atoms with van der Waals surface area (Å²) in [6.07, 6.45) is 0. The second-order valence-electron chi connectivity index (χ2n) is 5.89. The van der Waals surface area contributed by atoms with Crippen LogP contribution >= 0.6 is 11.6 Å². The van der Waals surface area contributed by atoms with Crippen LogP contribution in [0.3, 0.4) is 0 Å². The molecule has 0 amide bonds. The van der Waals surface area contributed by atoms with Crippen LogP contribution < -0.4 is 4.72 Å². The number of rotatable bonds is 5. The van der Waals surface area contributed by atoms with E-state index in [1.807, 2.05) is 0 Å². The van der Waals surface area contributed by atoms with Gasteiger partial charge in [-0.15, -0.1) is 0 Å². The number of anilines is 1. The number of nitrogens with zero attached hydrogens (tertiary/aromatic N) is 2. The Morgan fingerprint density at radius 3 is 2.50 bits per heavy atom. The fourth-order valence-corrected chi connectivity index (χ4v) is 3.92. The minimum atomic E-state index is -3.76. The van der Waals surface area contributed by atoms with Crippen molar-refractivity contribution in [3.05, 3.63) is 76.3 Å². The van der Waals surface area contributed by atoms with E-state index in [0.717, 1.165) is 5.56 Å². The van der Waals surface area contributed by atoms with Crippen molar-refractivity contribution in [3.8, 4) is 0 Å². The van der Waals surface area contributed by atoms with E-state index >= 15 is 0 Å². The van der Waals surface area contributed by atoms with Crippen molar-refractivity contribution < 1.29 is 12.8 Å². The molecule has 5 nitrogen and oxygen atoms in total. The summed E-state index contributed by atoms with van der Waals surface area (Å²) in [7, 11) is -3.76. The summed E-state index contributed by atoms with van der Waals surface area (Å²) in [4.78, 5) is 0.110. The van der Waals surface area contributed by atoms with E-state index in [1.54, 1.807) is 30.7 Å². The first-order chi connectivity index (χ1) is 12.3. The molecule has 0 aliphatic heterocycles. The van der Waals surface area contributed by atoms with Crippen molar-refractivity contribution in [2.75, 3.05) is 4.72 Å². The predicted octanol–water partition coefficient (Wildman–Crippen LogP) is 4.14. The summed E-state index contributed by atoms with van der Waals surface area (Å²) >= 11 is 5.81. The summed E-state index contributed by atoms with van der Waals surface area (Å²) < 4.78 is 42.8. The van der Waals surface area contributed by atoms with E-state index in [9.17, 15) is 12.8 Å². The Hall–Kier alpha value is -2.38. The molecule has 0 radical (unpaired) electrons. The van der Waals surface area contributed by atoms with Gasteiger partial charge in [0.1, 0.15) is 5.82 Å².